The van der Waals surface area contributed by atoms with Gasteiger partial charge in [-0.2, -0.15) is 0 Å². The van der Waals surface area contributed by atoms with E-state index in [1.807, 2.05) is 31.4 Å². The second-order valence-corrected chi connectivity index (χ2v) is 2.82. The van der Waals surface area contributed by atoms with Crippen LogP contribution in [0.5, 0.6) is 0 Å². The molecule has 0 amide bonds. The Morgan fingerprint density at radius 1 is 1.33 bits per heavy atom. The highest BCUT2D eigenvalue weighted by Gasteiger charge is 1.97. The van der Waals surface area contributed by atoms with Crippen molar-refractivity contribution in [2.24, 2.45) is 5.73 Å². The summed E-state index contributed by atoms with van der Waals surface area (Å²) in [4.78, 5) is 10.2. The van der Waals surface area contributed by atoms with Crippen LogP contribution in [-0.4, -0.2) is 30.6 Å². The second-order valence-electron chi connectivity index (χ2n) is 2.82. The minimum atomic E-state index is 0.644. The average molecular weight is 166 g/mol. The predicted octanol–water partition coefficient (Wildman–Crippen LogP) is 0.0438. The molecule has 0 saturated heterocycles. The molecule has 4 heteroatoms. The van der Waals surface area contributed by atoms with Gasteiger partial charge < -0.3 is 10.6 Å². The summed E-state index contributed by atoms with van der Waals surface area (Å²) in [5, 5.41) is 0. The number of nitrogens with zero attached hydrogens (tertiary/aromatic N) is 3. The largest absolute Gasteiger partial charge is 0.347 e. The summed E-state index contributed by atoms with van der Waals surface area (Å²) in [5.41, 5.74) is 6.48. The Balaban J connectivity index is 2.71. The van der Waals surface area contributed by atoms with Crippen LogP contribution >= 0.6 is 0 Å². The summed E-state index contributed by atoms with van der Waals surface area (Å²) in [5.74, 6) is 0.732. The fourth-order valence-electron chi connectivity index (χ4n) is 0.875. The van der Waals surface area contributed by atoms with Gasteiger partial charge in [-0.1, -0.05) is 0 Å². The van der Waals surface area contributed by atoms with Gasteiger partial charge >= 0.3 is 0 Å². The van der Waals surface area contributed by atoms with Crippen molar-refractivity contribution in [3.63, 3.8) is 0 Å². The molecule has 0 radical (unpaired) electrons. The molecule has 0 saturated carbocycles. The zero-order valence-corrected chi connectivity index (χ0v) is 7.49. The molecule has 0 aromatic carbocycles. The van der Waals surface area contributed by atoms with E-state index in [1.165, 1.54) is 0 Å². The van der Waals surface area contributed by atoms with Crippen LogP contribution in [0.15, 0.2) is 12.4 Å². The van der Waals surface area contributed by atoms with Crippen molar-refractivity contribution in [2.75, 3.05) is 25.5 Å². The highest BCUT2D eigenvalue weighted by molar-refractivity contribution is 5.26. The molecule has 0 atom stereocenters. The summed E-state index contributed by atoms with van der Waals surface area (Å²) in [6.45, 7) is 0.644. The summed E-state index contributed by atoms with van der Waals surface area (Å²) >= 11 is 0. The van der Waals surface area contributed by atoms with E-state index in [0.717, 1.165) is 17.9 Å². The third kappa shape index (κ3) is 2.17. The van der Waals surface area contributed by atoms with Crippen LogP contribution in [0, 0.1) is 0 Å². The molecule has 0 aliphatic heterocycles. The number of aromatic nitrogens is 2. The molecule has 0 aliphatic rings. The zero-order chi connectivity index (χ0) is 8.97. The first-order valence-electron chi connectivity index (χ1n) is 3.92. The van der Waals surface area contributed by atoms with Crippen molar-refractivity contribution >= 4 is 5.95 Å². The highest BCUT2D eigenvalue weighted by atomic mass is 15.2. The number of anilines is 1. The minimum Gasteiger partial charge on any atom is -0.347 e. The number of rotatable bonds is 3. The van der Waals surface area contributed by atoms with Crippen LogP contribution in [0.25, 0.3) is 0 Å². The highest BCUT2D eigenvalue weighted by Crippen LogP contribution is 2.02. The van der Waals surface area contributed by atoms with Gasteiger partial charge in [0.05, 0.1) is 0 Å². The fraction of sp³-hybridized carbons (Fsp3) is 0.500. The maximum Gasteiger partial charge on any atom is 0.224 e. The van der Waals surface area contributed by atoms with Gasteiger partial charge in [-0.25, -0.2) is 9.97 Å². The molecule has 12 heavy (non-hydrogen) atoms. The topological polar surface area (TPSA) is 55.0 Å². The molecule has 0 fully saturated rings. The third-order valence-corrected chi connectivity index (χ3v) is 1.52. The first-order valence-corrected chi connectivity index (χ1v) is 3.92. The summed E-state index contributed by atoms with van der Waals surface area (Å²) in [6, 6.07) is 0. The Labute approximate surface area is 72.4 Å². The van der Waals surface area contributed by atoms with E-state index in [4.69, 9.17) is 5.73 Å². The average Bonchev–Trinajstić information content (AvgIpc) is 2.06. The lowest BCUT2D eigenvalue weighted by atomic mass is 10.2. The van der Waals surface area contributed by atoms with Crippen molar-refractivity contribution in [1.29, 1.82) is 0 Å². The Hall–Kier alpha value is -1.16. The number of hydrogen-bond donors (Lipinski definition) is 1. The number of nitrogens with two attached hydrogens (primary N) is 1. The molecule has 1 aromatic heterocycles. The molecule has 0 unspecified atom stereocenters. The fourth-order valence-corrected chi connectivity index (χ4v) is 0.875. The molecular formula is C8H14N4. The van der Waals surface area contributed by atoms with Crippen molar-refractivity contribution in [3.05, 3.63) is 18.0 Å². The van der Waals surface area contributed by atoms with Gasteiger partial charge in [0.15, 0.2) is 0 Å². The molecule has 1 rings (SSSR count). The van der Waals surface area contributed by atoms with Crippen molar-refractivity contribution in [1.82, 2.24) is 9.97 Å². The maximum atomic E-state index is 5.39. The SMILES string of the molecule is CN(C)c1ncc(CCN)cn1. The molecule has 0 bridgehead atoms. The molecular weight excluding hydrogens is 152 g/mol. The van der Waals surface area contributed by atoms with Gasteiger partial charge in [-0.05, 0) is 18.5 Å². The lowest BCUT2D eigenvalue weighted by molar-refractivity contribution is 0.922. The van der Waals surface area contributed by atoms with Gasteiger partial charge in [0.25, 0.3) is 0 Å². The maximum absolute atomic E-state index is 5.39. The van der Waals surface area contributed by atoms with Gasteiger partial charge in [0.1, 0.15) is 0 Å². The molecule has 2 N–H and O–H groups in total. The molecule has 1 aromatic rings. The summed E-state index contributed by atoms with van der Waals surface area (Å²) in [6.07, 6.45) is 4.47. The Morgan fingerprint density at radius 2 is 1.92 bits per heavy atom. The van der Waals surface area contributed by atoms with E-state index >= 15 is 0 Å². The summed E-state index contributed by atoms with van der Waals surface area (Å²) in [7, 11) is 3.83. The quantitative estimate of drug-likeness (QED) is 0.689. The Kier molecular flexibility index (Phi) is 2.99. The van der Waals surface area contributed by atoms with Gasteiger partial charge in [-0.15, -0.1) is 0 Å². The van der Waals surface area contributed by atoms with Crippen LogP contribution in [0.3, 0.4) is 0 Å². The lowest BCUT2D eigenvalue weighted by Crippen LogP contribution is -2.13. The van der Waals surface area contributed by atoms with Gasteiger partial charge in [0, 0.05) is 26.5 Å². The van der Waals surface area contributed by atoms with Crippen molar-refractivity contribution in [2.45, 2.75) is 6.42 Å². The van der Waals surface area contributed by atoms with Crippen LogP contribution in [-0.2, 0) is 6.42 Å². The standard InChI is InChI=1S/C8H14N4/c1-12(2)8-10-5-7(3-4-9)6-11-8/h5-6H,3-4,9H2,1-2H3. The van der Waals surface area contributed by atoms with Crippen LogP contribution in [0.1, 0.15) is 5.56 Å². The predicted molar refractivity (Wildman–Crippen MR) is 49.1 cm³/mol. The van der Waals surface area contributed by atoms with Crippen LogP contribution < -0.4 is 10.6 Å². The first-order chi connectivity index (χ1) is 5.74. The van der Waals surface area contributed by atoms with Crippen LogP contribution in [0.2, 0.25) is 0 Å². The van der Waals surface area contributed by atoms with E-state index in [9.17, 15) is 0 Å². The molecule has 1 heterocycles. The monoisotopic (exact) mass is 166 g/mol. The van der Waals surface area contributed by atoms with Gasteiger partial charge in [0.2, 0.25) is 5.95 Å². The number of hydrogen-bond acceptors (Lipinski definition) is 4. The normalized spacial score (nSPS) is 9.92. The molecule has 4 nitrogen and oxygen atoms in total. The zero-order valence-electron chi connectivity index (χ0n) is 7.49. The molecule has 66 valence electrons. The Bertz CT molecular complexity index is 229. The van der Waals surface area contributed by atoms with Crippen molar-refractivity contribution in [3.8, 4) is 0 Å². The first kappa shape index (κ1) is 8.93. The third-order valence-electron chi connectivity index (χ3n) is 1.52. The lowest BCUT2D eigenvalue weighted by Gasteiger charge is -2.09. The molecule has 0 spiro atoms. The van der Waals surface area contributed by atoms with E-state index < -0.39 is 0 Å². The van der Waals surface area contributed by atoms with Crippen molar-refractivity contribution < 1.29 is 0 Å². The Morgan fingerprint density at radius 3 is 2.33 bits per heavy atom. The summed E-state index contributed by atoms with van der Waals surface area (Å²) < 4.78 is 0. The second kappa shape index (κ2) is 4.01. The van der Waals surface area contributed by atoms with E-state index in [-0.39, 0.29) is 0 Å². The van der Waals surface area contributed by atoms with E-state index in [0.29, 0.717) is 6.54 Å². The minimum absolute atomic E-state index is 0.644. The smallest absolute Gasteiger partial charge is 0.224 e. The van der Waals surface area contributed by atoms with E-state index in [2.05, 4.69) is 9.97 Å². The van der Waals surface area contributed by atoms with Gasteiger partial charge in [-0.3, -0.25) is 0 Å². The van der Waals surface area contributed by atoms with E-state index in [1.54, 1.807) is 0 Å². The van der Waals surface area contributed by atoms with Crippen LogP contribution in [0.4, 0.5) is 5.95 Å². The molecule has 0 aliphatic carbocycles.